The Balaban J connectivity index is 2.30. The molecule has 0 aliphatic carbocycles. The minimum absolute atomic E-state index is 0.0322. The summed E-state index contributed by atoms with van der Waals surface area (Å²) in [7, 11) is 0. The van der Waals surface area contributed by atoms with Gasteiger partial charge in [0.2, 0.25) is 11.8 Å². The molecule has 0 heterocycles. The van der Waals surface area contributed by atoms with E-state index in [2.05, 4.69) is 5.32 Å². The third kappa shape index (κ3) is 5.95. The fourth-order valence-corrected chi connectivity index (χ4v) is 3.14. The average Bonchev–Trinajstić information content (AvgIpc) is 2.63. The number of hydrogen-bond acceptors (Lipinski definition) is 2. The lowest BCUT2D eigenvalue weighted by molar-refractivity contribution is -0.141. The molecule has 4 heteroatoms. The Bertz CT molecular complexity index is 756. The zero-order valence-corrected chi connectivity index (χ0v) is 16.7. The third-order valence-electron chi connectivity index (χ3n) is 4.62. The smallest absolute Gasteiger partial charge is 0.243 e. The molecule has 144 valence electrons. The standard InChI is InChI=1S/C23H30N2O2/c1-5-21(23(27)24-17(2)3)25(16-20-14-10-9-11-18(20)4)22(26)15-19-12-7-6-8-13-19/h6-14,17,21H,5,15-16H2,1-4H3,(H,24,27)/t21-/m1/s1. The molecule has 2 aromatic carbocycles. The minimum atomic E-state index is -0.483. The molecule has 2 rings (SSSR count). The van der Waals surface area contributed by atoms with Gasteiger partial charge in [-0.25, -0.2) is 0 Å². The molecule has 0 saturated carbocycles. The van der Waals surface area contributed by atoms with Crippen molar-refractivity contribution in [3.63, 3.8) is 0 Å². The van der Waals surface area contributed by atoms with Gasteiger partial charge >= 0.3 is 0 Å². The predicted molar refractivity (Wildman–Crippen MR) is 109 cm³/mol. The topological polar surface area (TPSA) is 49.4 Å². The van der Waals surface area contributed by atoms with Crippen molar-refractivity contribution in [1.82, 2.24) is 10.2 Å². The van der Waals surface area contributed by atoms with Crippen LogP contribution in [0, 0.1) is 6.92 Å². The van der Waals surface area contributed by atoms with Crippen molar-refractivity contribution in [2.24, 2.45) is 0 Å². The zero-order valence-electron chi connectivity index (χ0n) is 16.7. The molecular formula is C23H30N2O2. The SMILES string of the molecule is CC[C@H](C(=O)NC(C)C)N(Cc1ccccc1C)C(=O)Cc1ccccc1. The van der Waals surface area contributed by atoms with Crippen LogP contribution in [0.1, 0.15) is 43.9 Å². The number of nitrogens with zero attached hydrogens (tertiary/aromatic N) is 1. The van der Waals surface area contributed by atoms with Crippen LogP contribution in [0.15, 0.2) is 54.6 Å². The molecule has 1 N–H and O–H groups in total. The highest BCUT2D eigenvalue weighted by Crippen LogP contribution is 2.17. The van der Waals surface area contributed by atoms with E-state index >= 15 is 0 Å². The van der Waals surface area contributed by atoms with Gasteiger partial charge in [-0.3, -0.25) is 9.59 Å². The van der Waals surface area contributed by atoms with Gasteiger partial charge in [-0.15, -0.1) is 0 Å². The molecule has 1 atom stereocenters. The molecule has 27 heavy (non-hydrogen) atoms. The molecule has 0 aliphatic rings. The maximum Gasteiger partial charge on any atom is 0.243 e. The first-order valence-corrected chi connectivity index (χ1v) is 9.60. The number of nitrogens with one attached hydrogen (secondary N) is 1. The largest absolute Gasteiger partial charge is 0.352 e. The summed E-state index contributed by atoms with van der Waals surface area (Å²) in [4.78, 5) is 27.6. The Morgan fingerprint density at radius 1 is 1.00 bits per heavy atom. The maximum absolute atomic E-state index is 13.2. The number of hydrogen-bond donors (Lipinski definition) is 1. The Kier molecular flexibility index (Phi) is 7.59. The van der Waals surface area contributed by atoms with E-state index in [1.807, 2.05) is 82.3 Å². The normalized spacial score (nSPS) is 11.9. The first kappa shape index (κ1) is 20.7. The second-order valence-electron chi connectivity index (χ2n) is 7.20. The summed E-state index contributed by atoms with van der Waals surface area (Å²) in [5.74, 6) is -0.127. The molecule has 2 amide bonds. The van der Waals surface area contributed by atoms with Gasteiger partial charge in [-0.05, 0) is 43.9 Å². The van der Waals surface area contributed by atoms with Crippen molar-refractivity contribution >= 4 is 11.8 Å². The molecule has 4 nitrogen and oxygen atoms in total. The number of rotatable bonds is 8. The second-order valence-corrected chi connectivity index (χ2v) is 7.20. The first-order chi connectivity index (χ1) is 12.9. The fourth-order valence-electron chi connectivity index (χ4n) is 3.14. The number of aryl methyl sites for hydroxylation is 1. The monoisotopic (exact) mass is 366 g/mol. The van der Waals surface area contributed by atoms with Crippen molar-refractivity contribution in [2.45, 2.75) is 59.2 Å². The lowest BCUT2D eigenvalue weighted by Gasteiger charge is -2.31. The molecule has 0 fully saturated rings. The van der Waals surface area contributed by atoms with Crippen molar-refractivity contribution in [3.05, 3.63) is 71.3 Å². The van der Waals surface area contributed by atoms with Crippen molar-refractivity contribution < 1.29 is 9.59 Å². The Labute approximate surface area is 162 Å². The van der Waals surface area contributed by atoms with Crippen LogP contribution in [0.2, 0.25) is 0 Å². The molecule has 0 saturated heterocycles. The number of amides is 2. The number of carbonyl (C=O) groups is 2. The predicted octanol–water partition coefficient (Wildman–Crippen LogP) is 3.87. The quantitative estimate of drug-likeness (QED) is 0.771. The fraction of sp³-hybridized carbons (Fsp3) is 0.391. The van der Waals surface area contributed by atoms with Crippen molar-refractivity contribution in [2.75, 3.05) is 0 Å². The van der Waals surface area contributed by atoms with E-state index in [1.165, 1.54) is 0 Å². The van der Waals surface area contributed by atoms with Gasteiger partial charge in [0, 0.05) is 12.6 Å². The van der Waals surface area contributed by atoms with Crippen molar-refractivity contribution in [3.8, 4) is 0 Å². The minimum Gasteiger partial charge on any atom is -0.352 e. The zero-order chi connectivity index (χ0) is 19.8. The van der Waals surface area contributed by atoms with E-state index in [0.717, 1.165) is 16.7 Å². The lowest BCUT2D eigenvalue weighted by Crippen LogP contribution is -2.50. The molecule has 0 aromatic heterocycles. The van der Waals surface area contributed by atoms with E-state index in [0.29, 0.717) is 13.0 Å². The Morgan fingerprint density at radius 3 is 2.22 bits per heavy atom. The van der Waals surface area contributed by atoms with E-state index in [9.17, 15) is 9.59 Å². The molecule has 0 spiro atoms. The molecular weight excluding hydrogens is 336 g/mol. The van der Waals surface area contributed by atoms with Crippen LogP contribution < -0.4 is 5.32 Å². The van der Waals surface area contributed by atoms with Crippen molar-refractivity contribution in [1.29, 1.82) is 0 Å². The molecule has 2 aromatic rings. The number of benzene rings is 2. The average molecular weight is 367 g/mol. The second kappa shape index (κ2) is 9.91. The van der Waals surface area contributed by atoms with Crippen LogP contribution in [-0.2, 0) is 22.6 Å². The molecule has 0 unspecified atom stereocenters. The van der Waals surface area contributed by atoms with Gasteiger partial charge in [0.15, 0.2) is 0 Å². The van der Waals surface area contributed by atoms with E-state index in [-0.39, 0.29) is 24.3 Å². The summed E-state index contributed by atoms with van der Waals surface area (Å²) in [6.07, 6.45) is 0.864. The van der Waals surface area contributed by atoms with E-state index in [1.54, 1.807) is 4.90 Å². The van der Waals surface area contributed by atoms with Crippen LogP contribution in [0.3, 0.4) is 0 Å². The van der Waals surface area contributed by atoms with Gasteiger partial charge in [-0.2, -0.15) is 0 Å². The summed E-state index contributed by atoms with van der Waals surface area (Å²) < 4.78 is 0. The van der Waals surface area contributed by atoms with Crippen LogP contribution in [0.5, 0.6) is 0 Å². The van der Waals surface area contributed by atoms with Crippen LogP contribution in [0.25, 0.3) is 0 Å². The maximum atomic E-state index is 13.2. The Hall–Kier alpha value is -2.62. The van der Waals surface area contributed by atoms with E-state index in [4.69, 9.17) is 0 Å². The number of carbonyl (C=O) groups excluding carboxylic acids is 2. The summed E-state index contributed by atoms with van der Waals surface area (Å²) in [6, 6.07) is 17.2. The molecule has 0 radical (unpaired) electrons. The highest BCUT2D eigenvalue weighted by molar-refractivity contribution is 5.88. The van der Waals surface area contributed by atoms with Gasteiger partial charge in [0.25, 0.3) is 0 Å². The van der Waals surface area contributed by atoms with E-state index < -0.39 is 6.04 Å². The summed E-state index contributed by atoms with van der Waals surface area (Å²) in [6.45, 7) is 8.28. The van der Waals surface area contributed by atoms with Crippen LogP contribution >= 0.6 is 0 Å². The highest BCUT2D eigenvalue weighted by atomic mass is 16.2. The van der Waals surface area contributed by atoms with Gasteiger partial charge in [0.1, 0.15) is 6.04 Å². The van der Waals surface area contributed by atoms with Gasteiger partial charge in [-0.1, -0.05) is 61.5 Å². The highest BCUT2D eigenvalue weighted by Gasteiger charge is 2.29. The van der Waals surface area contributed by atoms with Gasteiger partial charge < -0.3 is 10.2 Å². The van der Waals surface area contributed by atoms with Gasteiger partial charge in [0.05, 0.1) is 6.42 Å². The Morgan fingerprint density at radius 2 is 1.63 bits per heavy atom. The molecule has 0 bridgehead atoms. The summed E-state index contributed by atoms with van der Waals surface area (Å²) >= 11 is 0. The van der Waals surface area contributed by atoms with Crippen LogP contribution in [0.4, 0.5) is 0 Å². The lowest BCUT2D eigenvalue weighted by atomic mass is 10.0. The first-order valence-electron chi connectivity index (χ1n) is 9.60. The van der Waals surface area contributed by atoms with Crippen LogP contribution in [-0.4, -0.2) is 28.8 Å². The summed E-state index contributed by atoms with van der Waals surface area (Å²) in [5.41, 5.74) is 3.14. The third-order valence-corrected chi connectivity index (χ3v) is 4.62. The summed E-state index contributed by atoms with van der Waals surface area (Å²) in [5, 5.41) is 2.96. The molecule has 0 aliphatic heterocycles.